The Balaban J connectivity index is 2.47. The van der Waals surface area contributed by atoms with Gasteiger partial charge in [-0.15, -0.1) is 0 Å². The normalized spacial score (nSPS) is 12.8. The van der Waals surface area contributed by atoms with Crippen molar-refractivity contribution in [2.45, 2.75) is 84.7 Å². The van der Waals surface area contributed by atoms with Crippen LogP contribution in [-0.2, 0) is 13.0 Å². The molecule has 116 valence electrons. The van der Waals surface area contributed by atoms with E-state index in [1.54, 1.807) is 0 Å². The molecule has 0 saturated heterocycles. The van der Waals surface area contributed by atoms with Gasteiger partial charge in [0, 0.05) is 19.0 Å². The molecule has 0 aliphatic rings. The van der Waals surface area contributed by atoms with Crippen LogP contribution in [0.1, 0.15) is 77.2 Å². The highest BCUT2D eigenvalue weighted by atomic mass is 35.5. The van der Waals surface area contributed by atoms with E-state index in [4.69, 9.17) is 11.6 Å². The molecule has 0 radical (unpaired) electrons. The first-order chi connectivity index (χ1) is 9.71. The fourth-order valence-corrected chi connectivity index (χ4v) is 2.63. The number of hydrogen-bond acceptors (Lipinski definition) is 2. The summed E-state index contributed by atoms with van der Waals surface area (Å²) in [6.07, 6.45) is 9.58. The van der Waals surface area contributed by atoms with Crippen molar-refractivity contribution in [1.82, 2.24) is 15.3 Å². The van der Waals surface area contributed by atoms with Crippen LogP contribution in [0.15, 0.2) is 0 Å². The Morgan fingerprint density at radius 2 is 1.85 bits per heavy atom. The van der Waals surface area contributed by atoms with Crippen LogP contribution in [0.2, 0.25) is 5.15 Å². The number of nitrogens with one attached hydrogen (secondary N) is 2. The number of halogens is 1. The zero-order chi connectivity index (χ0) is 14.8. The molecule has 0 amide bonds. The molecule has 0 aromatic carbocycles. The molecule has 1 atom stereocenters. The second-order valence-corrected chi connectivity index (χ2v) is 5.92. The number of aryl methyl sites for hydroxylation is 1. The quantitative estimate of drug-likeness (QED) is 0.613. The summed E-state index contributed by atoms with van der Waals surface area (Å²) < 4.78 is 0. The lowest BCUT2D eigenvalue weighted by Crippen LogP contribution is -2.28. The van der Waals surface area contributed by atoms with Crippen LogP contribution in [0.25, 0.3) is 0 Å². The minimum atomic E-state index is 0.596. The van der Waals surface area contributed by atoms with E-state index in [0.29, 0.717) is 11.2 Å². The second kappa shape index (κ2) is 10.2. The number of aromatic amines is 1. The molecule has 0 fully saturated rings. The molecule has 0 bridgehead atoms. The van der Waals surface area contributed by atoms with Crippen LogP contribution in [0.5, 0.6) is 0 Å². The van der Waals surface area contributed by atoms with Crippen molar-refractivity contribution in [3.8, 4) is 0 Å². The Labute approximate surface area is 128 Å². The van der Waals surface area contributed by atoms with Gasteiger partial charge in [-0.3, -0.25) is 0 Å². The maximum atomic E-state index is 6.21. The smallest absolute Gasteiger partial charge is 0.151 e. The van der Waals surface area contributed by atoms with E-state index >= 15 is 0 Å². The van der Waals surface area contributed by atoms with Crippen molar-refractivity contribution in [2.24, 2.45) is 0 Å². The first-order valence-electron chi connectivity index (χ1n) is 8.17. The summed E-state index contributed by atoms with van der Waals surface area (Å²) in [5.41, 5.74) is 1.04. The fraction of sp³-hybridized carbons (Fsp3) is 0.812. The van der Waals surface area contributed by atoms with Gasteiger partial charge < -0.3 is 10.3 Å². The van der Waals surface area contributed by atoms with Gasteiger partial charge in [-0.05, 0) is 19.3 Å². The van der Waals surface area contributed by atoms with E-state index in [1.807, 2.05) is 0 Å². The largest absolute Gasteiger partial charge is 0.344 e. The average molecular weight is 300 g/mol. The third kappa shape index (κ3) is 6.27. The number of H-pyrrole nitrogens is 1. The van der Waals surface area contributed by atoms with E-state index in [2.05, 4.69) is 36.1 Å². The van der Waals surface area contributed by atoms with Gasteiger partial charge in [0.15, 0.2) is 5.15 Å². The predicted molar refractivity (Wildman–Crippen MR) is 87.3 cm³/mol. The van der Waals surface area contributed by atoms with Gasteiger partial charge in [-0.1, -0.05) is 58.1 Å². The van der Waals surface area contributed by atoms with E-state index in [0.717, 1.165) is 30.9 Å². The molecule has 4 heteroatoms. The lowest BCUT2D eigenvalue weighted by Gasteiger charge is -2.17. The number of unbranched alkanes of at least 4 members (excludes halogenated alkanes) is 2. The third-order valence-electron chi connectivity index (χ3n) is 3.66. The first-order valence-corrected chi connectivity index (χ1v) is 8.55. The van der Waals surface area contributed by atoms with Gasteiger partial charge in [-0.25, -0.2) is 4.98 Å². The zero-order valence-electron chi connectivity index (χ0n) is 13.3. The fourth-order valence-electron chi connectivity index (χ4n) is 2.41. The number of hydrogen-bond donors (Lipinski definition) is 2. The van der Waals surface area contributed by atoms with Crippen molar-refractivity contribution < 1.29 is 0 Å². The molecular weight excluding hydrogens is 270 g/mol. The maximum absolute atomic E-state index is 6.21. The van der Waals surface area contributed by atoms with Crippen LogP contribution in [-0.4, -0.2) is 16.0 Å². The van der Waals surface area contributed by atoms with Crippen molar-refractivity contribution in [1.29, 1.82) is 0 Å². The van der Waals surface area contributed by atoms with Crippen molar-refractivity contribution in [2.75, 3.05) is 0 Å². The molecule has 3 nitrogen and oxygen atoms in total. The van der Waals surface area contributed by atoms with Gasteiger partial charge in [0.1, 0.15) is 5.82 Å². The minimum absolute atomic E-state index is 0.596. The Morgan fingerprint density at radius 3 is 2.50 bits per heavy atom. The molecule has 0 aliphatic carbocycles. The first kappa shape index (κ1) is 17.5. The molecule has 2 N–H and O–H groups in total. The summed E-state index contributed by atoms with van der Waals surface area (Å²) in [5.74, 6) is 1.02. The third-order valence-corrected chi connectivity index (χ3v) is 3.97. The number of imidazole rings is 1. The Kier molecular flexibility index (Phi) is 8.95. The second-order valence-electron chi connectivity index (χ2n) is 5.57. The Hall–Kier alpha value is -0.540. The van der Waals surface area contributed by atoms with E-state index in [9.17, 15) is 0 Å². The van der Waals surface area contributed by atoms with Gasteiger partial charge in [0.25, 0.3) is 0 Å². The van der Waals surface area contributed by atoms with Crippen LogP contribution in [0.3, 0.4) is 0 Å². The van der Waals surface area contributed by atoms with Gasteiger partial charge in [-0.2, -0.15) is 0 Å². The SMILES string of the molecule is CCCCc1nc(Cl)c(CNC(CCC)CCCC)[nH]1. The van der Waals surface area contributed by atoms with Crippen LogP contribution in [0, 0.1) is 0 Å². The minimum Gasteiger partial charge on any atom is -0.344 e. The molecule has 1 aromatic rings. The molecule has 1 aromatic heterocycles. The van der Waals surface area contributed by atoms with Gasteiger partial charge >= 0.3 is 0 Å². The average Bonchev–Trinajstić information content (AvgIpc) is 2.80. The highest BCUT2D eigenvalue weighted by Crippen LogP contribution is 2.15. The van der Waals surface area contributed by atoms with Crippen molar-refractivity contribution in [3.63, 3.8) is 0 Å². The summed E-state index contributed by atoms with van der Waals surface area (Å²) >= 11 is 6.21. The lowest BCUT2D eigenvalue weighted by atomic mass is 10.1. The molecule has 0 aliphatic heterocycles. The predicted octanol–water partition coefficient (Wildman–Crippen LogP) is 4.85. The van der Waals surface area contributed by atoms with Gasteiger partial charge in [0.2, 0.25) is 0 Å². The van der Waals surface area contributed by atoms with E-state index in [-0.39, 0.29) is 0 Å². The molecular formula is C16H30ClN3. The molecule has 1 rings (SSSR count). The molecule has 1 unspecified atom stereocenters. The highest BCUT2D eigenvalue weighted by molar-refractivity contribution is 6.30. The maximum Gasteiger partial charge on any atom is 0.151 e. The summed E-state index contributed by atoms with van der Waals surface area (Å²) in [6.45, 7) is 7.48. The van der Waals surface area contributed by atoms with Crippen LogP contribution in [0.4, 0.5) is 0 Å². The molecule has 0 saturated carbocycles. The van der Waals surface area contributed by atoms with E-state index < -0.39 is 0 Å². The molecule has 1 heterocycles. The van der Waals surface area contributed by atoms with Crippen molar-refractivity contribution >= 4 is 11.6 Å². The summed E-state index contributed by atoms with van der Waals surface area (Å²) in [7, 11) is 0. The summed E-state index contributed by atoms with van der Waals surface area (Å²) in [6, 6.07) is 0.596. The Morgan fingerprint density at radius 1 is 1.10 bits per heavy atom. The molecule has 20 heavy (non-hydrogen) atoms. The highest BCUT2D eigenvalue weighted by Gasteiger charge is 2.11. The van der Waals surface area contributed by atoms with Gasteiger partial charge in [0.05, 0.1) is 5.69 Å². The van der Waals surface area contributed by atoms with Crippen molar-refractivity contribution in [3.05, 3.63) is 16.7 Å². The summed E-state index contributed by atoms with van der Waals surface area (Å²) in [5, 5.41) is 4.26. The molecule has 0 spiro atoms. The topological polar surface area (TPSA) is 40.7 Å². The summed E-state index contributed by atoms with van der Waals surface area (Å²) in [4.78, 5) is 7.77. The number of rotatable bonds is 11. The standard InChI is InChI=1S/C16H30ClN3/c1-4-7-10-13(9-6-3)18-12-14-16(17)20-15(19-14)11-8-5-2/h13,18H,4-12H2,1-3H3,(H,19,20). The zero-order valence-corrected chi connectivity index (χ0v) is 14.0. The number of nitrogens with zero attached hydrogens (tertiary/aromatic N) is 1. The monoisotopic (exact) mass is 299 g/mol. The lowest BCUT2D eigenvalue weighted by molar-refractivity contribution is 0.432. The van der Waals surface area contributed by atoms with Crippen LogP contribution >= 0.6 is 11.6 Å². The Bertz CT molecular complexity index is 363. The van der Waals surface area contributed by atoms with E-state index in [1.165, 1.54) is 38.5 Å². The number of aromatic nitrogens is 2. The van der Waals surface area contributed by atoms with Crippen LogP contribution < -0.4 is 5.32 Å².